The summed E-state index contributed by atoms with van der Waals surface area (Å²) in [7, 11) is -3.62. The number of carbonyl (C=O) groups excluding carboxylic acids is 1. The van der Waals surface area contributed by atoms with E-state index in [2.05, 4.69) is 0 Å². The zero-order valence-electron chi connectivity index (χ0n) is 17.4. The molecule has 0 bridgehead atoms. The van der Waals surface area contributed by atoms with Gasteiger partial charge < -0.3 is 4.74 Å². The topological polar surface area (TPSA) is 107 Å². The van der Waals surface area contributed by atoms with Crippen LogP contribution in [0.15, 0.2) is 71.6 Å². The number of ketones is 1. The summed E-state index contributed by atoms with van der Waals surface area (Å²) in [6, 6.07) is 15.9. The number of nitrogens with zero attached hydrogens (tertiary/aromatic N) is 2. The molecule has 1 aromatic heterocycles. The second-order valence-corrected chi connectivity index (χ2v) is 10.3. The van der Waals surface area contributed by atoms with Gasteiger partial charge in [0.15, 0.2) is 5.78 Å². The van der Waals surface area contributed by atoms with Crippen LogP contribution in [0, 0.1) is 10.1 Å². The molecule has 1 saturated heterocycles. The van der Waals surface area contributed by atoms with Crippen LogP contribution in [0.1, 0.15) is 15.2 Å². The van der Waals surface area contributed by atoms with Gasteiger partial charge >= 0.3 is 0 Å². The third-order valence-corrected chi connectivity index (χ3v) is 8.14. The van der Waals surface area contributed by atoms with Crippen LogP contribution < -0.4 is 0 Å². The Morgan fingerprint density at radius 3 is 2.42 bits per heavy atom. The molecule has 0 amide bonds. The summed E-state index contributed by atoms with van der Waals surface area (Å²) < 4.78 is 32.0. The third kappa shape index (κ3) is 5.09. The predicted molar refractivity (Wildman–Crippen MR) is 126 cm³/mol. The normalized spacial score (nSPS) is 15.0. The van der Waals surface area contributed by atoms with Crippen molar-refractivity contribution in [2.75, 3.05) is 26.3 Å². The number of thiophene rings is 1. The van der Waals surface area contributed by atoms with Crippen LogP contribution >= 0.6 is 11.3 Å². The fourth-order valence-corrected chi connectivity index (χ4v) is 5.76. The summed E-state index contributed by atoms with van der Waals surface area (Å²) in [6.07, 6.45) is 3.05. The largest absolute Gasteiger partial charge is 0.379 e. The molecule has 1 aliphatic heterocycles. The summed E-state index contributed by atoms with van der Waals surface area (Å²) in [4.78, 5) is 25.0. The highest BCUT2D eigenvalue weighted by molar-refractivity contribution is 7.89. The van der Waals surface area contributed by atoms with Gasteiger partial charge in [0.25, 0.3) is 5.69 Å². The van der Waals surface area contributed by atoms with Crippen LogP contribution in [0.4, 0.5) is 5.69 Å². The summed E-state index contributed by atoms with van der Waals surface area (Å²) >= 11 is 1.34. The van der Waals surface area contributed by atoms with Gasteiger partial charge in [-0.1, -0.05) is 12.1 Å². The maximum atomic E-state index is 12.7. The minimum absolute atomic E-state index is 0.0260. The number of morpholine rings is 1. The van der Waals surface area contributed by atoms with Crippen LogP contribution in [0.2, 0.25) is 0 Å². The first kappa shape index (κ1) is 23.0. The molecule has 33 heavy (non-hydrogen) atoms. The van der Waals surface area contributed by atoms with E-state index >= 15 is 0 Å². The average molecular weight is 485 g/mol. The fourth-order valence-electron chi connectivity index (χ4n) is 3.41. The number of nitro groups is 1. The number of allylic oxidation sites excluding steroid dienone is 1. The molecule has 0 N–H and O–H groups in total. The highest BCUT2D eigenvalue weighted by Gasteiger charge is 2.26. The van der Waals surface area contributed by atoms with Crippen molar-refractivity contribution >= 4 is 38.9 Å². The van der Waals surface area contributed by atoms with Crippen molar-refractivity contribution in [3.63, 3.8) is 0 Å². The minimum atomic E-state index is -3.62. The lowest BCUT2D eigenvalue weighted by atomic mass is 10.1. The summed E-state index contributed by atoms with van der Waals surface area (Å²) in [5.74, 6) is -0.272. The summed E-state index contributed by atoms with van der Waals surface area (Å²) in [5.41, 5.74) is 0.913. The first-order chi connectivity index (χ1) is 15.9. The molecule has 8 nitrogen and oxygen atoms in total. The molecule has 1 aliphatic rings. The molecule has 0 spiro atoms. The Hall–Kier alpha value is -3.18. The minimum Gasteiger partial charge on any atom is -0.379 e. The van der Waals surface area contributed by atoms with Gasteiger partial charge in [-0.2, -0.15) is 4.31 Å². The van der Waals surface area contributed by atoms with Gasteiger partial charge in [0.05, 0.1) is 28.6 Å². The predicted octanol–water partition coefficient (Wildman–Crippen LogP) is 4.24. The van der Waals surface area contributed by atoms with Crippen LogP contribution in [0.5, 0.6) is 0 Å². The average Bonchev–Trinajstić information content (AvgIpc) is 3.32. The second-order valence-electron chi connectivity index (χ2n) is 7.21. The number of sulfonamides is 1. The molecule has 0 aliphatic carbocycles. The number of carbonyl (C=O) groups is 1. The van der Waals surface area contributed by atoms with Crippen LogP contribution in [-0.2, 0) is 14.8 Å². The number of para-hydroxylation sites is 1. The van der Waals surface area contributed by atoms with Crippen molar-refractivity contribution in [1.29, 1.82) is 0 Å². The van der Waals surface area contributed by atoms with E-state index in [1.807, 2.05) is 0 Å². The first-order valence-corrected chi connectivity index (χ1v) is 12.4. The Morgan fingerprint density at radius 1 is 1.03 bits per heavy atom. The maximum Gasteiger partial charge on any atom is 0.278 e. The van der Waals surface area contributed by atoms with Crippen molar-refractivity contribution in [3.05, 3.63) is 87.3 Å². The van der Waals surface area contributed by atoms with Gasteiger partial charge in [-0.3, -0.25) is 14.9 Å². The summed E-state index contributed by atoms with van der Waals surface area (Å²) in [6.45, 7) is 1.34. The second kappa shape index (κ2) is 9.75. The van der Waals surface area contributed by atoms with Gasteiger partial charge in [0, 0.05) is 34.5 Å². The van der Waals surface area contributed by atoms with E-state index in [1.54, 1.807) is 36.4 Å². The molecule has 0 saturated carbocycles. The van der Waals surface area contributed by atoms with E-state index in [-0.39, 0.29) is 16.4 Å². The van der Waals surface area contributed by atoms with Crippen LogP contribution in [0.25, 0.3) is 16.5 Å². The lowest BCUT2D eigenvalue weighted by Gasteiger charge is -2.26. The van der Waals surface area contributed by atoms with Crippen molar-refractivity contribution in [2.24, 2.45) is 0 Å². The van der Waals surface area contributed by atoms with Gasteiger partial charge in [-0.15, -0.1) is 11.3 Å². The van der Waals surface area contributed by atoms with Crippen LogP contribution in [0.3, 0.4) is 0 Å². The molecule has 1 fully saturated rings. The number of hydrogen-bond donors (Lipinski definition) is 0. The van der Waals surface area contributed by atoms with Crippen LogP contribution in [-0.4, -0.2) is 49.7 Å². The number of ether oxygens (including phenoxy) is 1. The molecule has 0 unspecified atom stereocenters. The number of hydrogen-bond acceptors (Lipinski definition) is 7. The molecular formula is C23H20N2O6S2. The number of benzene rings is 2. The monoisotopic (exact) mass is 484 g/mol. The lowest BCUT2D eigenvalue weighted by molar-refractivity contribution is -0.384. The van der Waals surface area contributed by atoms with Gasteiger partial charge in [-0.05, 0) is 54.6 Å². The third-order valence-electron chi connectivity index (χ3n) is 5.14. The summed E-state index contributed by atoms with van der Waals surface area (Å²) in [5, 5.41) is 11.3. The number of rotatable bonds is 7. The van der Waals surface area contributed by atoms with Gasteiger partial charge in [0.1, 0.15) is 0 Å². The lowest BCUT2D eigenvalue weighted by Crippen LogP contribution is -2.40. The zero-order chi connectivity index (χ0) is 23.4. The Bertz CT molecular complexity index is 1310. The van der Waals surface area contributed by atoms with E-state index in [0.717, 1.165) is 9.75 Å². The van der Waals surface area contributed by atoms with Crippen molar-refractivity contribution in [1.82, 2.24) is 4.31 Å². The Labute approximate surface area is 194 Å². The molecule has 2 heterocycles. The fraction of sp³-hybridized carbons (Fsp3) is 0.174. The van der Waals surface area contributed by atoms with Gasteiger partial charge in [-0.25, -0.2) is 8.42 Å². The Balaban J connectivity index is 1.47. The molecule has 170 valence electrons. The van der Waals surface area contributed by atoms with E-state index in [4.69, 9.17) is 4.74 Å². The first-order valence-electron chi connectivity index (χ1n) is 10.1. The smallest absolute Gasteiger partial charge is 0.278 e. The zero-order valence-corrected chi connectivity index (χ0v) is 19.1. The number of nitro benzene ring substituents is 1. The molecule has 3 aromatic rings. The highest BCUT2D eigenvalue weighted by Crippen LogP contribution is 2.35. The quantitative estimate of drug-likeness (QED) is 0.215. The molecular weight excluding hydrogens is 464 g/mol. The van der Waals surface area contributed by atoms with Gasteiger partial charge in [0.2, 0.25) is 10.0 Å². The van der Waals surface area contributed by atoms with Crippen molar-refractivity contribution in [2.45, 2.75) is 4.90 Å². The molecule has 2 aromatic carbocycles. The van der Waals surface area contributed by atoms with E-state index in [0.29, 0.717) is 37.4 Å². The van der Waals surface area contributed by atoms with E-state index in [1.165, 1.54) is 52.0 Å². The van der Waals surface area contributed by atoms with Crippen molar-refractivity contribution < 1.29 is 22.9 Å². The molecule has 0 radical (unpaired) electrons. The SMILES string of the molecule is O=C(C=Cc1ccc(-c2ccccc2[N+](=O)[O-])s1)c1ccc(S(=O)(=O)N2CCOCC2)cc1. The van der Waals surface area contributed by atoms with E-state index < -0.39 is 14.9 Å². The van der Waals surface area contributed by atoms with E-state index in [9.17, 15) is 23.3 Å². The molecule has 10 heteroatoms. The maximum absolute atomic E-state index is 12.7. The molecule has 4 rings (SSSR count). The highest BCUT2D eigenvalue weighted by atomic mass is 32.2. The van der Waals surface area contributed by atoms with Crippen molar-refractivity contribution in [3.8, 4) is 10.4 Å². The Morgan fingerprint density at radius 2 is 1.73 bits per heavy atom. The molecule has 0 atom stereocenters. The standard InChI is InChI=1S/C23H20N2O6S2/c26-22(17-5-9-19(10-6-17)33(29,30)24-13-15-31-16-14-24)11-7-18-8-12-23(32-18)20-3-1-2-4-21(20)25(27)28/h1-12H,13-16H2. The Kier molecular flexibility index (Phi) is 6.80.